The second-order valence-corrected chi connectivity index (χ2v) is 4.56. The molecular weight excluding hydrogens is 212 g/mol. The molecule has 1 N–H and O–H groups in total. The van der Waals surface area contributed by atoms with Gasteiger partial charge in [-0.25, -0.2) is 0 Å². The van der Waals surface area contributed by atoms with Gasteiger partial charge in [0.05, 0.1) is 11.1 Å². The lowest BCUT2D eigenvalue weighted by Crippen LogP contribution is -2.15. The fraction of sp³-hybridized carbons (Fsp3) is 0.364. The highest BCUT2D eigenvalue weighted by atomic mass is 35.5. The molecule has 0 saturated heterocycles. The zero-order valence-electron chi connectivity index (χ0n) is 8.95. The fourth-order valence-corrected chi connectivity index (χ4v) is 1.87. The molecule has 0 amide bonds. The Kier molecular flexibility index (Phi) is 2.24. The zero-order valence-corrected chi connectivity index (χ0v) is 9.71. The van der Waals surface area contributed by atoms with Gasteiger partial charge in [0, 0.05) is 12.4 Å². The molecule has 0 aliphatic heterocycles. The molecule has 0 saturated carbocycles. The number of halogens is 1. The second-order valence-electron chi connectivity index (χ2n) is 4.21. The molecule has 0 unspecified atom stereocenters. The standard InChI is InChI=1S/C11H13ClN2O/c1-11(2,15)7-4-5-8-9(6-7)14(3)13-10(8)12/h4-6,15H,1-3H3. The van der Waals surface area contributed by atoms with Crippen molar-refractivity contribution in [2.24, 2.45) is 7.05 Å². The Labute approximate surface area is 93.3 Å². The van der Waals surface area contributed by atoms with Crippen LogP contribution in [0.2, 0.25) is 5.15 Å². The predicted octanol–water partition coefficient (Wildman–Crippen LogP) is 2.45. The van der Waals surface area contributed by atoms with Gasteiger partial charge in [0.15, 0.2) is 5.15 Å². The summed E-state index contributed by atoms with van der Waals surface area (Å²) in [6.45, 7) is 3.51. The molecule has 0 bridgehead atoms. The molecule has 4 heteroatoms. The molecule has 0 atom stereocenters. The minimum absolute atomic E-state index is 0.495. The maximum Gasteiger partial charge on any atom is 0.158 e. The molecule has 1 aromatic carbocycles. The van der Waals surface area contributed by atoms with E-state index in [0.717, 1.165) is 16.5 Å². The maximum atomic E-state index is 9.88. The summed E-state index contributed by atoms with van der Waals surface area (Å²) in [4.78, 5) is 0. The van der Waals surface area contributed by atoms with Gasteiger partial charge in [-0.05, 0) is 31.5 Å². The Hall–Kier alpha value is -1.06. The number of aliphatic hydroxyl groups is 1. The minimum Gasteiger partial charge on any atom is -0.386 e. The highest BCUT2D eigenvalue weighted by Gasteiger charge is 2.17. The lowest BCUT2D eigenvalue weighted by molar-refractivity contribution is 0.0787. The first-order valence-electron chi connectivity index (χ1n) is 4.75. The van der Waals surface area contributed by atoms with Gasteiger partial charge in [0.1, 0.15) is 0 Å². The van der Waals surface area contributed by atoms with Crippen molar-refractivity contribution >= 4 is 22.5 Å². The largest absolute Gasteiger partial charge is 0.386 e. The smallest absolute Gasteiger partial charge is 0.158 e. The molecule has 1 aromatic heterocycles. The van der Waals surface area contributed by atoms with Crippen LogP contribution < -0.4 is 0 Å². The van der Waals surface area contributed by atoms with E-state index in [1.807, 2.05) is 25.2 Å². The van der Waals surface area contributed by atoms with Crippen LogP contribution in [0.25, 0.3) is 10.9 Å². The molecule has 0 spiro atoms. The molecule has 80 valence electrons. The molecule has 1 heterocycles. The van der Waals surface area contributed by atoms with Crippen molar-refractivity contribution in [3.63, 3.8) is 0 Å². The second kappa shape index (κ2) is 3.22. The Bertz CT molecular complexity index is 511. The monoisotopic (exact) mass is 224 g/mol. The van der Waals surface area contributed by atoms with E-state index in [-0.39, 0.29) is 0 Å². The van der Waals surface area contributed by atoms with Gasteiger partial charge in [0.25, 0.3) is 0 Å². The van der Waals surface area contributed by atoms with E-state index in [2.05, 4.69) is 5.10 Å². The highest BCUT2D eigenvalue weighted by molar-refractivity contribution is 6.34. The summed E-state index contributed by atoms with van der Waals surface area (Å²) in [5.74, 6) is 0. The van der Waals surface area contributed by atoms with Gasteiger partial charge in [-0.1, -0.05) is 17.7 Å². The van der Waals surface area contributed by atoms with Gasteiger partial charge in [-0.2, -0.15) is 5.10 Å². The van der Waals surface area contributed by atoms with Crippen LogP contribution in [0.5, 0.6) is 0 Å². The van der Waals surface area contributed by atoms with E-state index >= 15 is 0 Å². The van der Waals surface area contributed by atoms with E-state index in [4.69, 9.17) is 11.6 Å². The lowest BCUT2D eigenvalue weighted by atomic mass is 9.97. The van der Waals surface area contributed by atoms with Crippen LogP contribution >= 0.6 is 11.6 Å². The van der Waals surface area contributed by atoms with Crippen molar-refractivity contribution in [3.05, 3.63) is 28.9 Å². The Morgan fingerprint density at radius 2 is 2.07 bits per heavy atom. The first-order chi connectivity index (χ1) is 6.89. The Balaban J connectivity index is 2.71. The average Bonchev–Trinajstić information content (AvgIpc) is 2.41. The summed E-state index contributed by atoms with van der Waals surface area (Å²) in [6, 6.07) is 5.67. The van der Waals surface area contributed by atoms with Crippen LogP contribution in [0.4, 0.5) is 0 Å². The molecule has 0 fully saturated rings. The van der Waals surface area contributed by atoms with E-state index in [0.29, 0.717) is 5.15 Å². The number of nitrogens with zero attached hydrogens (tertiary/aromatic N) is 2. The van der Waals surface area contributed by atoms with E-state index in [9.17, 15) is 5.11 Å². The summed E-state index contributed by atoms with van der Waals surface area (Å²) in [7, 11) is 1.84. The first kappa shape index (κ1) is 10.5. The molecule has 3 nitrogen and oxygen atoms in total. The van der Waals surface area contributed by atoms with Gasteiger partial charge in [0.2, 0.25) is 0 Å². The summed E-state index contributed by atoms with van der Waals surface area (Å²) in [6.07, 6.45) is 0. The van der Waals surface area contributed by atoms with Crippen molar-refractivity contribution < 1.29 is 5.11 Å². The minimum atomic E-state index is -0.842. The summed E-state index contributed by atoms with van der Waals surface area (Å²) < 4.78 is 1.72. The van der Waals surface area contributed by atoms with Crippen LogP contribution in [-0.2, 0) is 12.6 Å². The maximum absolute atomic E-state index is 9.88. The van der Waals surface area contributed by atoms with E-state index < -0.39 is 5.60 Å². The van der Waals surface area contributed by atoms with Crippen molar-refractivity contribution in [2.45, 2.75) is 19.4 Å². The van der Waals surface area contributed by atoms with E-state index in [1.54, 1.807) is 18.5 Å². The average molecular weight is 225 g/mol. The number of hydrogen-bond donors (Lipinski definition) is 1. The molecule has 15 heavy (non-hydrogen) atoms. The number of aryl methyl sites for hydroxylation is 1. The van der Waals surface area contributed by atoms with E-state index in [1.165, 1.54) is 0 Å². The normalized spacial score (nSPS) is 12.3. The summed E-state index contributed by atoms with van der Waals surface area (Å²) in [5.41, 5.74) is 0.944. The van der Waals surface area contributed by atoms with Crippen LogP contribution in [0, 0.1) is 0 Å². The zero-order chi connectivity index (χ0) is 11.2. The van der Waals surface area contributed by atoms with Gasteiger partial charge >= 0.3 is 0 Å². The molecule has 2 aromatic rings. The third-order valence-electron chi connectivity index (χ3n) is 2.51. The fourth-order valence-electron chi connectivity index (χ4n) is 1.59. The van der Waals surface area contributed by atoms with Gasteiger partial charge in [-0.15, -0.1) is 0 Å². The van der Waals surface area contributed by atoms with Crippen LogP contribution in [-0.4, -0.2) is 14.9 Å². The Morgan fingerprint density at radius 3 is 2.67 bits per heavy atom. The van der Waals surface area contributed by atoms with Crippen molar-refractivity contribution in [1.82, 2.24) is 9.78 Å². The van der Waals surface area contributed by atoms with Gasteiger partial charge < -0.3 is 5.11 Å². The quantitative estimate of drug-likeness (QED) is 0.808. The van der Waals surface area contributed by atoms with Crippen LogP contribution in [0.1, 0.15) is 19.4 Å². The lowest BCUT2D eigenvalue weighted by Gasteiger charge is -2.17. The highest BCUT2D eigenvalue weighted by Crippen LogP contribution is 2.27. The third kappa shape index (κ3) is 1.73. The summed E-state index contributed by atoms with van der Waals surface area (Å²) >= 11 is 5.95. The van der Waals surface area contributed by atoms with Crippen LogP contribution in [0.3, 0.4) is 0 Å². The number of benzene rings is 1. The predicted molar refractivity (Wildman–Crippen MR) is 61.0 cm³/mol. The topological polar surface area (TPSA) is 38.0 Å². The summed E-state index contributed by atoms with van der Waals surface area (Å²) in [5, 5.41) is 15.4. The van der Waals surface area contributed by atoms with Crippen molar-refractivity contribution in [2.75, 3.05) is 0 Å². The van der Waals surface area contributed by atoms with Crippen molar-refractivity contribution in [3.8, 4) is 0 Å². The molecular formula is C11H13ClN2O. The number of rotatable bonds is 1. The SMILES string of the molecule is Cn1nc(Cl)c2ccc(C(C)(C)O)cc21. The van der Waals surface area contributed by atoms with Gasteiger partial charge in [-0.3, -0.25) is 4.68 Å². The first-order valence-corrected chi connectivity index (χ1v) is 5.12. The molecule has 0 aliphatic rings. The number of fused-ring (bicyclic) bond motifs is 1. The Morgan fingerprint density at radius 1 is 1.40 bits per heavy atom. The molecule has 0 aliphatic carbocycles. The third-order valence-corrected chi connectivity index (χ3v) is 2.79. The van der Waals surface area contributed by atoms with Crippen molar-refractivity contribution in [1.29, 1.82) is 0 Å². The molecule has 2 rings (SSSR count). The van der Waals surface area contributed by atoms with Crippen LogP contribution in [0.15, 0.2) is 18.2 Å². The molecule has 0 radical (unpaired) electrons. The number of hydrogen-bond acceptors (Lipinski definition) is 2. The number of aromatic nitrogens is 2.